The van der Waals surface area contributed by atoms with Crippen molar-refractivity contribution in [1.82, 2.24) is 4.98 Å². The minimum absolute atomic E-state index is 0.273. The van der Waals surface area contributed by atoms with E-state index in [0.717, 1.165) is 5.56 Å². The second kappa shape index (κ2) is 8.48. The molecule has 154 valence electrons. The SMILES string of the molecule is Cc1ccc(C(=O)[C@H](C)OC(=O)c2cc(-c3ccc(F)cc3)nc3ccccc23)cc1. The first-order valence-electron chi connectivity index (χ1n) is 9.90. The van der Waals surface area contributed by atoms with Crippen LogP contribution in [0.15, 0.2) is 78.9 Å². The smallest absolute Gasteiger partial charge is 0.339 e. The Hall–Kier alpha value is -3.86. The number of aryl methyl sites for hydroxylation is 1. The van der Waals surface area contributed by atoms with Gasteiger partial charge in [0.1, 0.15) is 5.82 Å². The van der Waals surface area contributed by atoms with Crippen LogP contribution in [0.1, 0.15) is 33.2 Å². The number of carbonyl (C=O) groups is 2. The van der Waals surface area contributed by atoms with Crippen molar-refractivity contribution in [1.29, 1.82) is 0 Å². The van der Waals surface area contributed by atoms with Crippen LogP contribution in [-0.2, 0) is 4.74 Å². The number of pyridine rings is 1. The summed E-state index contributed by atoms with van der Waals surface area (Å²) in [5.74, 6) is -1.24. The number of Topliss-reactive ketones (excluding diaryl/α,β-unsaturated/α-hetero) is 1. The lowest BCUT2D eigenvalue weighted by atomic mass is 10.0. The van der Waals surface area contributed by atoms with Gasteiger partial charge in [0, 0.05) is 16.5 Å². The van der Waals surface area contributed by atoms with Crippen LogP contribution < -0.4 is 0 Å². The third-order valence-corrected chi connectivity index (χ3v) is 5.07. The predicted octanol–water partition coefficient (Wildman–Crippen LogP) is 5.78. The van der Waals surface area contributed by atoms with Gasteiger partial charge in [-0.25, -0.2) is 14.2 Å². The third kappa shape index (κ3) is 4.36. The van der Waals surface area contributed by atoms with Gasteiger partial charge in [-0.15, -0.1) is 0 Å². The molecule has 0 spiro atoms. The van der Waals surface area contributed by atoms with E-state index in [9.17, 15) is 14.0 Å². The molecule has 0 aliphatic carbocycles. The maximum Gasteiger partial charge on any atom is 0.339 e. The summed E-state index contributed by atoms with van der Waals surface area (Å²) in [7, 11) is 0. The molecule has 4 aromatic rings. The third-order valence-electron chi connectivity index (χ3n) is 5.07. The summed E-state index contributed by atoms with van der Waals surface area (Å²) in [5, 5.41) is 0.619. The number of carbonyl (C=O) groups excluding carboxylic acids is 2. The van der Waals surface area contributed by atoms with Gasteiger partial charge in [0.2, 0.25) is 5.78 Å². The van der Waals surface area contributed by atoms with E-state index in [1.807, 2.05) is 25.1 Å². The zero-order chi connectivity index (χ0) is 22.0. The number of nitrogens with zero attached hydrogens (tertiary/aromatic N) is 1. The molecule has 0 N–H and O–H groups in total. The molecule has 1 atom stereocenters. The molecular formula is C26H20FNO3. The van der Waals surface area contributed by atoms with Crippen molar-refractivity contribution in [2.24, 2.45) is 0 Å². The van der Waals surface area contributed by atoms with E-state index in [2.05, 4.69) is 4.98 Å². The van der Waals surface area contributed by atoms with Crippen LogP contribution in [0, 0.1) is 12.7 Å². The Labute approximate surface area is 179 Å². The monoisotopic (exact) mass is 413 g/mol. The zero-order valence-electron chi connectivity index (χ0n) is 17.1. The molecule has 0 saturated carbocycles. The molecule has 1 aromatic heterocycles. The average molecular weight is 413 g/mol. The van der Waals surface area contributed by atoms with Crippen molar-refractivity contribution >= 4 is 22.7 Å². The summed E-state index contributed by atoms with van der Waals surface area (Å²) < 4.78 is 18.8. The molecule has 4 nitrogen and oxygen atoms in total. The highest BCUT2D eigenvalue weighted by atomic mass is 19.1. The molecule has 0 aliphatic heterocycles. The summed E-state index contributed by atoms with van der Waals surface area (Å²) in [4.78, 5) is 30.3. The molecule has 0 aliphatic rings. The fourth-order valence-electron chi connectivity index (χ4n) is 3.34. The molecule has 4 rings (SSSR count). The van der Waals surface area contributed by atoms with Crippen LogP contribution in [0.3, 0.4) is 0 Å². The van der Waals surface area contributed by atoms with E-state index in [-0.39, 0.29) is 11.6 Å². The first kappa shape index (κ1) is 20.4. The number of halogens is 1. The summed E-state index contributed by atoms with van der Waals surface area (Å²) in [6, 6.07) is 21.8. The largest absolute Gasteiger partial charge is 0.451 e. The Morgan fingerprint density at radius 2 is 1.61 bits per heavy atom. The van der Waals surface area contributed by atoms with E-state index in [4.69, 9.17) is 4.74 Å². The molecule has 0 amide bonds. The number of ether oxygens (including phenoxy) is 1. The first-order chi connectivity index (χ1) is 14.9. The Balaban J connectivity index is 1.67. The molecule has 0 saturated heterocycles. The van der Waals surface area contributed by atoms with Crippen LogP contribution in [-0.4, -0.2) is 22.8 Å². The number of hydrogen-bond donors (Lipinski definition) is 0. The topological polar surface area (TPSA) is 56.3 Å². The number of fused-ring (bicyclic) bond motifs is 1. The minimum atomic E-state index is -0.948. The number of hydrogen-bond acceptors (Lipinski definition) is 4. The van der Waals surface area contributed by atoms with Gasteiger partial charge in [-0.2, -0.15) is 0 Å². The summed E-state index contributed by atoms with van der Waals surface area (Å²) >= 11 is 0. The summed E-state index contributed by atoms with van der Waals surface area (Å²) in [6.07, 6.45) is -0.948. The second-order valence-corrected chi connectivity index (χ2v) is 7.36. The fraction of sp³-hybridized carbons (Fsp3) is 0.115. The number of rotatable bonds is 5. The van der Waals surface area contributed by atoms with Gasteiger partial charge >= 0.3 is 5.97 Å². The van der Waals surface area contributed by atoms with E-state index < -0.39 is 12.1 Å². The van der Waals surface area contributed by atoms with Crippen LogP contribution in [0.25, 0.3) is 22.2 Å². The van der Waals surface area contributed by atoms with Crippen molar-refractivity contribution < 1.29 is 18.7 Å². The van der Waals surface area contributed by atoms with Crippen LogP contribution in [0.5, 0.6) is 0 Å². The van der Waals surface area contributed by atoms with Crippen molar-refractivity contribution in [2.45, 2.75) is 20.0 Å². The highest BCUT2D eigenvalue weighted by Crippen LogP contribution is 2.26. The average Bonchev–Trinajstić information content (AvgIpc) is 2.78. The predicted molar refractivity (Wildman–Crippen MR) is 118 cm³/mol. The lowest BCUT2D eigenvalue weighted by molar-refractivity contribution is 0.0320. The minimum Gasteiger partial charge on any atom is -0.451 e. The van der Waals surface area contributed by atoms with Gasteiger partial charge in [-0.05, 0) is 50.2 Å². The van der Waals surface area contributed by atoms with Gasteiger partial charge in [0.05, 0.1) is 16.8 Å². The Morgan fingerprint density at radius 3 is 2.32 bits per heavy atom. The number of aromatic nitrogens is 1. The summed E-state index contributed by atoms with van der Waals surface area (Å²) in [5.41, 5.74) is 3.62. The molecule has 0 bridgehead atoms. The van der Waals surface area contributed by atoms with Crippen molar-refractivity contribution in [3.05, 3.63) is 101 Å². The fourth-order valence-corrected chi connectivity index (χ4v) is 3.34. The van der Waals surface area contributed by atoms with Gasteiger partial charge in [-0.1, -0.05) is 48.0 Å². The van der Waals surface area contributed by atoms with Gasteiger partial charge < -0.3 is 4.74 Å². The lowest BCUT2D eigenvalue weighted by Crippen LogP contribution is -2.24. The van der Waals surface area contributed by atoms with Crippen LogP contribution in [0.2, 0.25) is 0 Å². The number of para-hydroxylation sites is 1. The summed E-state index contributed by atoms with van der Waals surface area (Å²) in [6.45, 7) is 3.50. The molecule has 3 aromatic carbocycles. The van der Waals surface area contributed by atoms with E-state index >= 15 is 0 Å². The molecule has 0 fully saturated rings. The standard InChI is InChI=1S/C26H20FNO3/c1-16-7-9-19(10-8-16)25(29)17(2)31-26(30)22-15-24(18-11-13-20(27)14-12-18)28-23-6-4-3-5-21(22)23/h3-15,17H,1-2H3/t17-/m0/s1. The maximum absolute atomic E-state index is 13.3. The molecule has 5 heteroatoms. The Morgan fingerprint density at radius 1 is 0.935 bits per heavy atom. The molecule has 0 radical (unpaired) electrons. The van der Waals surface area contributed by atoms with Crippen molar-refractivity contribution in [3.8, 4) is 11.3 Å². The van der Waals surface area contributed by atoms with Gasteiger partial charge in [0.25, 0.3) is 0 Å². The second-order valence-electron chi connectivity index (χ2n) is 7.36. The Kier molecular flexibility index (Phi) is 5.58. The maximum atomic E-state index is 13.3. The molecule has 0 unspecified atom stereocenters. The van der Waals surface area contributed by atoms with Crippen LogP contribution in [0.4, 0.5) is 4.39 Å². The van der Waals surface area contributed by atoms with Crippen LogP contribution >= 0.6 is 0 Å². The quantitative estimate of drug-likeness (QED) is 0.308. The van der Waals surface area contributed by atoms with Crippen molar-refractivity contribution in [3.63, 3.8) is 0 Å². The lowest BCUT2D eigenvalue weighted by Gasteiger charge is -2.14. The van der Waals surface area contributed by atoms with Crippen molar-refractivity contribution in [2.75, 3.05) is 0 Å². The molecular weight excluding hydrogens is 393 g/mol. The molecule has 31 heavy (non-hydrogen) atoms. The normalized spacial score (nSPS) is 11.8. The first-order valence-corrected chi connectivity index (χ1v) is 9.90. The molecule has 1 heterocycles. The van der Waals surface area contributed by atoms with Gasteiger partial charge in [-0.3, -0.25) is 4.79 Å². The number of benzene rings is 3. The van der Waals surface area contributed by atoms with E-state index in [1.165, 1.54) is 12.1 Å². The van der Waals surface area contributed by atoms with E-state index in [1.54, 1.807) is 55.5 Å². The highest BCUT2D eigenvalue weighted by molar-refractivity contribution is 6.06. The number of esters is 1. The number of ketones is 1. The van der Waals surface area contributed by atoms with E-state index in [0.29, 0.717) is 33.3 Å². The highest BCUT2D eigenvalue weighted by Gasteiger charge is 2.22. The zero-order valence-corrected chi connectivity index (χ0v) is 17.1. The Bertz CT molecular complexity index is 1260. The van der Waals surface area contributed by atoms with Gasteiger partial charge in [0.15, 0.2) is 6.10 Å².